The fraction of sp³-hybridized carbons (Fsp3) is 0.400. The number of aromatic nitrogens is 4. The van der Waals surface area contributed by atoms with Crippen LogP contribution < -0.4 is 10.4 Å². The molecule has 1 N–H and O–H groups in total. The molecule has 124 valence electrons. The van der Waals surface area contributed by atoms with Gasteiger partial charge in [0.25, 0.3) is 5.91 Å². The Morgan fingerprint density at radius 3 is 3.00 bits per heavy atom. The van der Waals surface area contributed by atoms with Gasteiger partial charge < -0.3 is 4.90 Å². The van der Waals surface area contributed by atoms with Gasteiger partial charge in [-0.1, -0.05) is 0 Å². The van der Waals surface area contributed by atoms with Gasteiger partial charge >= 0.3 is 0 Å². The van der Waals surface area contributed by atoms with Crippen molar-refractivity contribution in [2.75, 3.05) is 18.6 Å². The number of rotatable bonds is 5. The van der Waals surface area contributed by atoms with Crippen molar-refractivity contribution >= 4 is 11.9 Å². The van der Waals surface area contributed by atoms with Gasteiger partial charge in [-0.2, -0.15) is 10.4 Å². The number of carbonyl (C=O) groups is 1. The Labute approximate surface area is 138 Å². The summed E-state index contributed by atoms with van der Waals surface area (Å²) in [5.41, 5.74) is 3.86. The normalized spacial score (nSPS) is 16.4. The van der Waals surface area contributed by atoms with Crippen LogP contribution in [0.2, 0.25) is 0 Å². The van der Waals surface area contributed by atoms with Gasteiger partial charge in [0.1, 0.15) is 18.3 Å². The van der Waals surface area contributed by atoms with Crippen molar-refractivity contribution in [1.29, 1.82) is 5.26 Å². The molecule has 24 heavy (non-hydrogen) atoms. The van der Waals surface area contributed by atoms with Crippen LogP contribution in [0.25, 0.3) is 11.3 Å². The lowest BCUT2D eigenvalue weighted by atomic mass is 10.1. The lowest BCUT2D eigenvalue weighted by molar-refractivity contribution is -0.132. The summed E-state index contributed by atoms with van der Waals surface area (Å²) in [6.45, 7) is 3.00. The molecule has 0 unspecified atom stereocenters. The molecule has 1 atom stereocenters. The van der Waals surface area contributed by atoms with Crippen LogP contribution in [0, 0.1) is 11.3 Å². The van der Waals surface area contributed by atoms with Crippen LogP contribution in [-0.4, -0.2) is 45.4 Å². The Balaban J connectivity index is 1.86. The predicted molar refractivity (Wildman–Crippen MR) is 84.5 cm³/mol. The number of anilines is 1. The Hall–Kier alpha value is -2.99. The molecule has 1 amide bonds. The minimum Gasteiger partial charge on any atom is -0.338 e. The zero-order chi connectivity index (χ0) is 17.1. The van der Waals surface area contributed by atoms with E-state index in [1.165, 1.54) is 11.8 Å². The summed E-state index contributed by atoms with van der Waals surface area (Å²) in [5.74, 6) is 0.232. The average Bonchev–Trinajstić information content (AvgIpc) is 3.01. The maximum absolute atomic E-state index is 11.5. The van der Waals surface area contributed by atoms with Crippen LogP contribution in [0.4, 0.5) is 5.95 Å². The van der Waals surface area contributed by atoms with Crippen molar-refractivity contribution in [3.8, 4) is 17.3 Å². The molecule has 0 aliphatic carbocycles. The third-order valence-electron chi connectivity index (χ3n) is 3.86. The first kappa shape index (κ1) is 15.9. The maximum atomic E-state index is 11.5. The second kappa shape index (κ2) is 6.64. The van der Waals surface area contributed by atoms with Crippen molar-refractivity contribution in [2.24, 2.45) is 0 Å². The van der Waals surface area contributed by atoms with Crippen molar-refractivity contribution in [3.05, 3.63) is 24.2 Å². The zero-order valence-corrected chi connectivity index (χ0v) is 13.4. The van der Waals surface area contributed by atoms with E-state index >= 15 is 0 Å². The number of hydroxylamine groups is 1. The smallest absolute Gasteiger partial charge is 0.265 e. The van der Waals surface area contributed by atoms with E-state index < -0.39 is 0 Å². The van der Waals surface area contributed by atoms with Crippen LogP contribution in [-0.2, 0) is 16.2 Å². The molecule has 0 saturated carbocycles. The van der Waals surface area contributed by atoms with Crippen LogP contribution in [0.3, 0.4) is 0 Å². The molecule has 0 radical (unpaired) electrons. The lowest BCUT2D eigenvalue weighted by Crippen LogP contribution is -2.46. The highest BCUT2D eigenvalue weighted by molar-refractivity contribution is 5.74. The molecule has 1 aliphatic heterocycles. The molecule has 1 fully saturated rings. The van der Waals surface area contributed by atoms with E-state index in [0.29, 0.717) is 28.9 Å². The molecular weight excluding hydrogens is 310 g/mol. The highest BCUT2D eigenvalue weighted by Gasteiger charge is 2.26. The molecule has 2 aromatic rings. The number of nitrogens with one attached hydrogen (secondary N) is 1. The van der Waals surface area contributed by atoms with Crippen LogP contribution >= 0.6 is 0 Å². The Morgan fingerprint density at radius 1 is 1.54 bits per heavy atom. The molecule has 1 aliphatic rings. The van der Waals surface area contributed by atoms with Crippen molar-refractivity contribution in [2.45, 2.75) is 25.9 Å². The number of nitrogens with zero attached hydrogens (tertiary/aromatic N) is 6. The van der Waals surface area contributed by atoms with Gasteiger partial charge in [-0.15, -0.1) is 0 Å². The highest BCUT2D eigenvalue weighted by atomic mass is 16.6. The highest BCUT2D eigenvalue weighted by Crippen LogP contribution is 2.26. The topological polar surface area (TPSA) is 109 Å². The molecule has 9 heteroatoms. The summed E-state index contributed by atoms with van der Waals surface area (Å²) in [6.07, 6.45) is 4.39. The van der Waals surface area contributed by atoms with Crippen molar-refractivity contribution in [3.63, 3.8) is 0 Å². The molecule has 0 bridgehead atoms. The number of amides is 1. The molecule has 0 aromatic carbocycles. The van der Waals surface area contributed by atoms with Gasteiger partial charge in [-0.3, -0.25) is 14.3 Å². The van der Waals surface area contributed by atoms with Crippen LogP contribution in [0.5, 0.6) is 0 Å². The quantitative estimate of drug-likeness (QED) is 0.796. The second-order valence-corrected chi connectivity index (χ2v) is 5.54. The average molecular weight is 327 g/mol. The first-order valence-electron chi connectivity index (χ1n) is 7.51. The molecule has 1 saturated heterocycles. The number of hydrogen-bond donors (Lipinski definition) is 1. The van der Waals surface area contributed by atoms with Gasteiger partial charge in [0.05, 0.1) is 19.0 Å². The van der Waals surface area contributed by atoms with E-state index in [1.807, 2.05) is 0 Å². The first-order valence-corrected chi connectivity index (χ1v) is 7.51. The fourth-order valence-corrected chi connectivity index (χ4v) is 2.46. The largest absolute Gasteiger partial charge is 0.338 e. The Morgan fingerprint density at radius 2 is 2.38 bits per heavy atom. The van der Waals surface area contributed by atoms with Gasteiger partial charge in [0.2, 0.25) is 5.95 Å². The fourth-order valence-electron chi connectivity index (χ4n) is 2.46. The standard InChI is InChI=1S/C15H17N7O2/c1-10-3-4-22(10)15-18-12(6-16)5-13(19-15)11-7-17-21(8-11)9-14(23)20-24-2/h5,7-8,10H,3-4,9H2,1-2H3,(H,20,23)/t10-/m0/s1. The summed E-state index contributed by atoms with van der Waals surface area (Å²) in [7, 11) is 1.37. The Kier molecular flexibility index (Phi) is 4.39. The van der Waals surface area contributed by atoms with Gasteiger partial charge in [-0.25, -0.2) is 15.4 Å². The summed E-state index contributed by atoms with van der Waals surface area (Å²) in [4.78, 5) is 26.9. The van der Waals surface area contributed by atoms with Crippen LogP contribution in [0.1, 0.15) is 19.0 Å². The number of hydrogen-bond acceptors (Lipinski definition) is 7. The van der Waals surface area contributed by atoms with Gasteiger partial charge in [0.15, 0.2) is 0 Å². The summed E-state index contributed by atoms with van der Waals surface area (Å²) in [6, 6.07) is 4.05. The molecule has 3 heterocycles. The van der Waals surface area contributed by atoms with E-state index in [9.17, 15) is 10.1 Å². The minimum atomic E-state index is -0.317. The Bertz CT molecular complexity index is 795. The van der Waals surface area contributed by atoms with Gasteiger partial charge in [-0.05, 0) is 13.3 Å². The monoisotopic (exact) mass is 327 g/mol. The second-order valence-electron chi connectivity index (χ2n) is 5.54. The maximum Gasteiger partial charge on any atom is 0.265 e. The molecule has 9 nitrogen and oxygen atoms in total. The van der Waals surface area contributed by atoms with Crippen LogP contribution in [0.15, 0.2) is 18.5 Å². The van der Waals surface area contributed by atoms with Crippen molar-refractivity contribution in [1.82, 2.24) is 25.2 Å². The van der Waals surface area contributed by atoms with E-state index in [2.05, 4.69) is 43.3 Å². The molecule has 0 spiro atoms. The van der Waals surface area contributed by atoms with E-state index in [4.69, 9.17) is 0 Å². The molecular formula is C15H17N7O2. The SMILES string of the molecule is CONC(=O)Cn1cc(-c2cc(C#N)nc(N3CC[C@@H]3C)n2)cn1. The number of carbonyl (C=O) groups excluding carboxylic acids is 1. The zero-order valence-electron chi connectivity index (χ0n) is 13.4. The predicted octanol–water partition coefficient (Wildman–Crippen LogP) is 0.488. The van der Waals surface area contributed by atoms with Crippen molar-refractivity contribution < 1.29 is 9.63 Å². The van der Waals surface area contributed by atoms with E-state index in [0.717, 1.165) is 13.0 Å². The lowest BCUT2D eigenvalue weighted by Gasteiger charge is -2.38. The van der Waals surface area contributed by atoms with E-state index in [-0.39, 0.29) is 12.5 Å². The van der Waals surface area contributed by atoms with E-state index in [1.54, 1.807) is 18.5 Å². The summed E-state index contributed by atoms with van der Waals surface area (Å²) in [5, 5.41) is 13.3. The minimum absolute atomic E-state index is 0.0278. The third-order valence-corrected chi connectivity index (χ3v) is 3.86. The number of nitriles is 1. The molecule has 2 aromatic heterocycles. The summed E-state index contributed by atoms with van der Waals surface area (Å²) < 4.78 is 1.48. The van der Waals surface area contributed by atoms with Gasteiger partial charge in [0, 0.05) is 30.4 Å². The third kappa shape index (κ3) is 3.18. The summed E-state index contributed by atoms with van der Waals surface area (Å²) >= 11 is 0. The first-order chi connectivity index (χ1) is 11.6. The molecule has 3 rings (SSSR count).